The molecule has 33 heavy (non-hydrogen) atoms. The molecule has 0 bridgehead atoms. The van der Waals surface area contributed by atoms with E-state index in [0.717, 1.165) is 55.5 Å². The molecule has 0 atom stereocenters. The summed E-state index contributed by atoms with van der Waals surface area (Å²) in [7, 11) is 3.36. The van der Waals surface area contributed by atoms with Crippen LogP contribution in [0.15, 0.2) is 72.8 Å². The summed E-state index contributed by atoms with van der Waals surface area (Å²) >= 11 is 0. The van der Waals surface area contributed by atoms with E-state index < -0.39 is 0 Å². The van der Waals surface area contributed by atoms with E-state index in [1.54, 1.807) is 14.2 Å². The van der Waals surface area contributed by atoms with E-state index in [4.69, 9.17) is 9.47 Å². The van der Waals surface area contributed by atoms with Crippen LogP contribution in [0.25, 0.3) is 0 Å². The first-order valence-corrected chi connectivity index (χ1v) is 11.3. The Morgan fingerprint density at radius 3 is 2.15 bits per heavy atom. The lowest BCUT2D eigenvalue weighted by molar-refractivity contribution is 0.0951. The maximum absolute atomic E-state index is 12.5. The van der Waals surface area contributed by atoms with E-state index in [-0.39, 0.29) is 5.91 Å². The van der Waals surface area contributed by atoms with Gasteiger partial charge in [-0.05, 0) is 47.5 Å². The highest BCUT2D eigenvalue weighted by molar-refractivity contribution is 5.94. The van der Waals surface area contributed by atoms with Gasteiger partial charge in [0.25, 0.3) is 5.91 Å². The minimum atomic E-state index is -0.0669. The standard InChI is InChI=1S/C27H31N3O3/c1-32-24-13-9-21(10-14-24)19-28-27(31)23-11-7-22(8-12-23)20-29-15-17-30(18-16-29)25-5-3-4-6-26(25)33-2/h3-14H,15-20H2,1-2H3,(H,28,31). The Bertz CT molecular complexity index is 1040. The molecule has 172 valence electrons. The van der Waals surface area contributed by atoms with Gasteiger partial charge in [0.15, 0.2) is 0 Å². The molecule has 3 aromatic carbocycles. The zero-order valence-corrected chi connectivity index (χ0v) is 19.3. The third-order valence-electron chi connectivity index (χ3n) is 6.03. The zero-order valence-electron chi connectivity index (χ0n) is 19.3. The van der Waals surface area contributed by atoms with Crippen LogP contribution in [0.4, 0.5) is 5.69 Å². The molecule has 0 unspecified atom stereocenters. The first-order chi connectivity index (χ1) is 16.2. The second kappa shape index (κ2) is 10.9. The van der Waals surface area contributed by atoms with E-state index in [9.17, 15) is 4.79 Å². The molecule has 1 heterocycles. The highest BCUT2D eigenvalue weighted by Crippen LogP contribution is 2.28. The zero-order chi connectivity index (χ0) is 23.0. The minimum Gasteiger partial charge on any atom is -0.497 e. The molecule has 0 aliphatic carbocycles. The molecule has 1 fully saturated rings. The molecule has 1 saturated heterocycles. The van der Waals surface area contributed by atoms with Crippen molar-refractivity contribution in [3.8, 4) is 11.5 Å². The molecule has 3 aromatic rings. The predicted octanol–water partition coefficient (Wildman–Crippen LogP) is 3.96. The summed E-state index contributed by atoms with van der Waals surface area (Å²) in [6, 6.07) is 23.8. The quantitative estimate of drug-likeness (QED) is 0.569. The van der Waals surface area contributed by atoms with Gasteiger partial charge in [-0.3, -0.25) is 9.69 Å². The molecule has 4 rings (SSSR count). The van der Waals surface area contributed by atoms with Gasteiger partial charge in [-0.15, -0.1) is 0 Å². The van der Waals surface area contributed by atoms with Crippen LogP contribution >= 0.6 is 0 Å². The van der Waals surface area contributed by atoms with Crippen molar-refractivity contribution in [1.29, 1.82) is 0 Å². The van der Waals surface area contributed by atoms with Crippen molar-refractivity contribution in [1.82, 2.24) is 10.2 Å². The topological polar surface area (TPSA) is 54.0 Å². The number of para-hydroxylation sites is 2. The largest absolute Gasteiger partial charge is 0.497 e. The van der Waals surface area contributed by atoms with Crippen LogP contribution in [0.3, 0.4) is 0 Å². The van der Waals surface area contributed by atoms with Gasteiger partial charge < -0.3 is 19.7 Å². The number of hydrogen-bond donors (Lipinski definition) is 1. The van der Waals surface area contributed by atoms with E-state index >= 15 is 0 Å². The SMILES string of the molecule is COc1ccc(CNC(=O)c2ccc(CN3CCN(c4ccccc4OC)CC3)cc2)cc1. The third-order valence-corrected chi connectivity index (χ3v) is 6.03. The highest BCUT2D eigenvalue weighted by Gasteiger charge is 2.19. The minimum absolute atomic E-state index is 0.0669. The summed E-state index contributed by atoms with van der Waals surface area (Å²) in [6.45, 7) is 5.28. The Hall–Kier alpha value is -3.51. The van der Waals surface area contributed by atoms with Gasteiger partial charge in [-0.2, -0.15) is 0 Å². The van der Waals surface area contributed by atoms with Gasteiger partial charge in [0, 0.05) is 44.8 Å². The fourth-order valence-electron chi connectivity index (χ4n) is 4.09. The van der Waals surface area contributed by atoms with Gasteiger partial charge in [-0.1, -0.05) is 36.4 Å². The number of rotatable bonds is 8. The Morgan fingerprint density at radius 1 is 0.818 bits per heavy atom. The second-order valence-corrected chi connectivity index (χ2v) is 8.16. The average Bonchev–Trinajstić information content (AvgIpc) is 2.88. The van der Waals surface area contributed by atoms with Gasteiger partial charge in [0.2, 0.25) is 0 Å². The molecule has 0 spiro atoms. The van der Waals surface area contributed by atoms with E-state index in [2.05, 4.69) is 39.4 Å². The predicted molar refractivity (Wildman–Crippen MR) is 131 cm³/mol. The second-order valence-electron chi connectivity index (χ2n) is 8.16. The Kier molecular flexibility index (Phi) is 7.47. The summed E-state index contributed by atoms with van der Waals surface area (Å²) < 4.78 is 10.7. The smallest absolute Gasteiger partial charge is 0.251 e. The molecule has 6 heteroatoms. The van der Waals surface area contributed by atoms with Crippen molar-refractivity contribution in [3.63, 3.8) is 0 Å². The number of hydrogen-bond acceptors (Lipinski definition) is 5. The van der Waals surface area contributed by atoms with E-state index in [0.29, 0.717) is 12.1 Å². The van der Waals surface area contributed by atoms with Crippen molar-refractivity contribution < 1.29 is 14.3 Å². The average molecular weight is 446 g/mol. The van der Waals surface area contributed by atoms with Crippen LogP contribution < -0.4 is 19.7 Å². The van der Waals surface area contributed by atoms with E-state index in [1.807, 2.05) is 48.5 Å². The van der Waals surface area contributed by atoms with Crippen LogP contribution in [0.5, 0.6) is 11.5 Å². The van der Waals surface area contributed by atoms with Crippen LogP contribution in [0.1, 0.15) is 21.5 Å². The normalized spacial score (nSPS) is 14.1. The summed E-state index contributed by atoms with van der Waals surface area (Å²) in [6.07, 6.45) is 0. The molecule has 6 nitrogen and oxygen atoms in total. The number of carbonyl (C=O) groups is 1. The maximum atomic E-state index is 12.5. The van der Waals surface area contributed by atoms with Crippen molar-refractivity contribution >= 4 is 11.6 Å². The maximum Gasteiger partial charge on any atom is 0.251 e. The molecule has 1 aliphatic heterocycles. The fraction of sp³-hybridized carbons (Fsp3) is 0.296. The molecule has 1 N–H and O–H groups in total. The van der Waals surface area contributed by atoms with Crippen LogP contribution in [0, 0.1) is 0 Å². The van der Waals surface area contributed by atoms with Crippen LogP contribution in [-0.4, -0.2) is 51.2 Å². The summed E-state index contributed by atoms with van der Waals surface area (Å²) in [4.78, 5) is 17.3. The number of piperazine rings is 1. The number of ether oxygens (including phenoxy) is 2. The summed E-state index contributed by atoms with van der Waals surface area (Å²) in [5.74, 6) is 1.66. The first kappa shape index (κ1) is 22.7. The lowest BCUT2D eigenvalue weighted by Crippen LogP contribution is -2.46. The molecule has 0 radical (unpaired) electrons. The number of benzene rings is 3. The van der Waals surface area contributed by atoms with Crippen LogP contribution in [-0.2, 0) is 13.1 Å². The molecule has 0 saturated carbocycles. The Morgan fingerprint density at radius 2 is 1.48 bits per heavy atom. The van der Waals surface area contributed by atoms with Gasteiger partial charge in [0.1, 0.15) is 11.5 Å². The molecule has 0 aromatic heterocycles. The molecular formula is C27H31N3O3. The van der Waals surface area contributed by atoms with Crippen molar-refractivity contribution in [2.75, 3.05) is 45.3 Å². The number of methoxy groups -OCH3 is 2. The van der Waals surface area contributed by atoms with Gasteiger partial charge in [0.05, 0.1) is 19.9 Å². The summed E-state index contributed by atoms with van der Waals surface area (Å²) in [5.41, 5.74) is 4.08. The fourth-order valence-corrected chi connectivity index (χ4v) is 4.09. The number of nitrogens with one attached hydrogen (secondary N) is 1. The molecular weight excluding hydrogens is 414 g/mol. The van der Waals surface area contributed by atoms with Crippen molar-refractivity contribution in [3.05, 3.63) is 89.5 Å². The Labute approximate surface area is 195 Å². The van der Waals surface area contributed by atoms with E-state index in [1.165, 1.54) is 5.56 Å². The van der Waals surface area contributed by atoms with Gasteiger partial charge >= 0.3 is 0 Å². The van der Waals surface area contributed by atoms with Crippen molar-refractivity contribution in [2.45, 2.75) is 13.1 Å². The summed E-state index contributed by atoms with van der Waals surface area (Å²) in [5, 5.41) is 2.98. The highest BCUT2D eigenvalue weighted by atomic mass is 16.5. The number of carbonyl (C=O) groups excluding carboxylic acids is 1. The lowest BCUT2D eigenvalue weighted by Gasteiger charge is -2.36. The van der Waals surface area contributed by atoms with Gasteiger partial charge in [-0.25, -0.2) is 0 Å². The number of nitrogens with zero attached hydrogens (tertiary/aromatic N) is 2. The first-order valence-electron chi connectivity index (χ1n) is 11.3. The number of amides is 1. The third kappa shape index (κ3) is 5.84. The van der Waals surface area contributed by atoms with Crippen molar-refractivity contribution in [2.24, 2.45) is 0 Å². The molecule has 1 amide bonds. The Balaban J connectivity index is 1.26. The lowest BCUT2D eigenvalue weighted by atomic mass is 10.1. The van der Waals surface area contributed by atoms with Crippen LogP contribution in [0.2, 0.25) is 0 Å². The molecule has 1 aliphatic rings. The number of anilines is 1. The monoisotopic (exact) mass is 445 g/mol.